The summed E-state index contributed by atoms with van der Waals surface area (Å²) in [7, 11) is 0. The van der Waals surface area contributed by atoms with Crippen LogP contribution < -0.4 is 11.1 Å². The van der Waals surface area contributed by atoms with Crippen molar-refractivity contribution in [2.75, 3.05) is 11.1 Å². The van der Waals surface area contributed by atoms with Crippen molar-refractivity contribution in [1.82, 2.24) is 0 Å². The first-order chi connectivity index (χ1) is 10.8. The fourth-order valence-corrected chi connectivity index (χ4v) is 1.83. The molecular weight excluding hydrogens is 288 g/mol. The van der Waals surface area contributed by atoms with Gasteiger partial charge in [-0.3, -0.25) is 5.32 Å². The Kier molecular flexibility index (Phi) is 4.92. The molecule has 2 aromatic carbocycles. The lowest BCUT2D eigenvalue weighted by atomic mass is 10.1. The lowest BCUT2D eigenvalue weighted by Crippen LogP contribution is -2.27. The van der Waals surface area contributed by atoms with Crippen LogP contribution in [0, 0.1) is 11.8 Å². The molecule has 0 fully saturated rings. The molecule has 0 aliphatic carbocycles. The van der Waals surface area contributed by atoms with E-state index >= 15 is 0 Å². The monoisotopic (exact) mass is 308 g/mol. The van der Waals surface area contributed by atoms with Crippen LogP contribution in [0.5, 0.6) is 0 Å². The Hall–Kier alpha value is -2.93. The summed E-state index contributed by atoms with van der Waals surface area (Å²) < 4.78 is 5.20. The molecule has 0 bridgehead atoms. The number of ether oxygens (including phenoxy) is 1. The van der Waals surface area contributed by atoms with Crippen LogP contribution in [0.1, 0.15) is 31.9 Å². The Morgan fingerprint density at radius 3 is 2.30 bits per heavy atom. The van der Waals surface area contributed by atoms with Gasteiger partial charge in [-0.2, -0.15) is 0 Å². The van der Waals surface area contributed by atoms with Crippen LogP contribution in [0.2, 0.25) is 0 Å². The van der Waals surface area contributed by atoms with Crippen molar-refractivity contribution in [2.45, 2.75) is 26.4 Å². The third-order valence-electron chi connectivity index (χ3n) is 2.81. The summed E-state index contributed by atoms with van der Waals surface area (Å²) in [5.74, 6) is 6.11. The van der Waals surface area contributed by atoms with Gasteiger partial charge < -0.3 is 10.5 Å². The zero-order valence-electron chi connectivity index (χ0n) is 13.5. The largest absolute Gasteiger partial charge is 0.444 e. The Balaban J connectivity index is 2.10. The number of nitrogen functional groups attached to an aromatic ring is 1. The average Bonchev–Trinajstić information content (AvgIpc) is 2.47. The molecular formula is C19H20N2O2. The van der Waals surface area contributed by atoms with Crippen LogP contribution in [0.3, 0.4) is 0 Å². The maximum absolute atomic E-state index is 11.8. The molecule has 2 aromatic rings. The second kappa shape index (κ2) is 6.89. The molecule has 0 aromatic heterocycles. The van der Waals surface area contributed by atoms with Crippen LogP contribution >= 0.6 is 0 Å². The predicted octanol–water partition coefficient (Wildman–Crippen LogP) is 4.02. The molecule has 0 radical (unpaired) electrons. The van der Waals surface area contributed by atoms with E-state index in [4.69, 9.17) is 10.5 Å². The normalized spacial score (nSPS) is 10.4. The minimum absolute atomic E-state index is 0.440. The summed E-state index contributed by atoms with van der Waals surface area (Å²) in [6.45, 7) is 5.41. The second-order valence-electron chi connectivity index (χ2n) is 6.04. The zero-order chi connectivity index (χ0) is 16.9. The van der Waals surface area contributed by atoms with E-state index in [2.05, 4.69) is 17.2 Å². The van der Waals surface area contributed by atoms with Gasteiger partial charge in [-0.15, -0.1) is 0 Å². The summed E-state index contributed by atoms with van der Waals surface area (Å²) >= 11 is 0. The number of rotatable bonds is 1. The van der Waals surface area contributed by atoms with E-state index in [9.17, 15) is 4.79 Å². The molecule has 23 heavy (non-hydrogen) atoms. The van der Waals surface area contributed by atoms with Crippen molar-refractivity contribution in [2.24, 2.45) is 0 Å². The molecule has 0 saturated carbocycles. The SMILES string of the molecule is CC(C)(C)OC(=O)Nc1ccc(C#Cc2ccccc2)cc1N. The van der Waals surface area contributed by atoms with Gasteiger partial charge >= 0.3 is 6.09 Å². The van der Waals surface area contributed by atoms with Crippen molar-refractivity contribution in [3.63, 3.8) is 0 Å². The number of carbonyl (C=O) groups is 1. The van der Waals surface area contributed by atoms with Gasteiger partial charge in [0.1, 0.15) is 5.60 Å². The minimum Gasteiger partial charge on any atom is -0.444 e. The van der Waals surface area contributed by atoms with Crippen molar-refractivity contribution < 1.29 is 9.53 Å². The highest BCUT2D eigenvalue weighted by Gasteiger charge is 2.16. The number of hydrogen-bond donors (Lipinski definition) is 2. The molecule has 0 unspecified atom stereocenters. The zero-order valence-corrected chi connectivity index (χ0v) is 13.5. The molecule has 118 valence electrons. The van der Waals surface area contributed by atoms with E-state index in [0.717, 1.165) is 11.1 Å². The quantitative estimate of drug-likeness (QED) is 0.618. The molecule has 4 heteroatoms. The topological polar surface area (TPSA) is 64.3 Å². The van der Waals surface area contributed by atoms with Gasteiger partial charge in [0.15, 0.2) is 0 Å². The summed E-state index contributed by atoms with van der Waals surface area (Å²) in [6.07, 6.45) is -0.535. The van der Waals surface area contributed by atoms with E-state index in [1.807, 2.05) is 30.3 Å². The first-order valence-electron chi connectivity index (χ1n) is 7.30. The first-order valence-corrected chi connectivity index (χ1v) is 7.30. The molecule has 0 aliphatic heterocycles. The van der Waals surface area contributed by atoms with Crippen LogP contribution in [0.4, 0.5) is 16.2 Å². The van der Waals surface area contributed by atoms with Crippen molar-refractivity contribution >= 4 is 17.5 Å². The molecule has 3 N–H and O–H groups in total. The average molecular weight is 308 g/mol. The van der Waals surface area contributed by atoms with Crippen LogP contribution in [-0.4, -0.2) is 11.7 Å². The Morgan fingerprint density at radius 2 is 1.70 bits per heavy atom. The van der Waals surface area contributed by atoms with Crippen LogP contribution in [-0.2, 0) is 4.74 Å². The number of amides is 1. The lowest BCUT2D eigenvalue weighted by Gasteiger charge is -2.20. The highest BCUT2D eigenvalue weighted by atomic mass is 16.6. The lowest BCUT2D eigenvalue weighted by molar-refractivity contribution is 0.0636. The fourth-order valence-electron chi connectivity index (χ4n) is 1.83. The van der Waals surface area contributed by atoms with Crippen LogP contribution in [0.15, 0.2) is 48.5 Å². The van der Waals surface area contributed by atoms with E-state index in [0.29, 0.717) is 11.4 Å². The molecule has 0 aliphatic rings. The van der Waals surface area contributed by atoms with E-state index < -0.39 is 11.7 Å². The van der Waals surface area contributed by atoms with Crippen molar-refractivity contribution in [1.29, 1.82) is 0 Å². The Morgan fingerprint density at radius 1 is 1.04 bits per heavy atom. The number of carbonyl (C=O) groups excluding carboxylic acids is 1. The first kappa shape index (κ1) is 16.4. The highest BCUT2D eigenvalue weighted by Crippen LogP contribution is 2.20. The van der Waals surface area contributed by atoms with Gasteiger partial charge in [0.25, 0.3) is 0 Å². The number of benzene rings is 2. The Labute approximate surface area is 136 Å². The molecule has 2 rings (SSSR count). The van der Waals surface area contributed by atoms with Gasteiger partial charge in [-0.05, 0) is 51.1 Å². The van der Waals surface area contributed by atoms with E-state index in [-0.39, 0.29) is 0 Å². The number of nitrogens with two attached hydrogens (primary N) is 1. The second-order valence-corrected chi connectivity index (χ2v) is 6.04. The summed E-state index contributed by atoms with van der Waals surface area (Å²) in [5.41, 5.74) is 8.06. The number of anilines is 2. The maximum atomic E-state index is 11.8. The summed E-state index contributed by atoms with van der Waals surface area (Å²) in [4.78, 5) is 11.8. The fraction of sp³-hybridized carbons (Fsp3) is 0.211. The molecule has 0 saturated heterocycles. The summed E-state index contributed by atoms with van der Waals surface area (Å²) in [5, 5.41) is 2.63. The molecule has 0 heterocycles. The van der Waals surface area contributed by atoms with Gasteiger partial charge in [-0.1, -0.05) is 30.0 Å². The molecule has 0 spiro atoms. The highest BCUT2D eigenvalue weighted by molar-refractivity contribution is 5.89. The van der Waals surface area contributed by atoms with Gasteiger partial charge in [0.2, 0.25) is 0 Å². The third kappa shape index (κ3) is 5.40. The van der Waals surface area contributed by atoms with Gasteiger partial charge in [0.05, 0.1) is 11.4 Å². The summed E-state index contributed by atoms with van der Waals surface area (Å²) in [6, 6.07) is 14.9. The number of nitrogens with one attached hydrogen (secondary N) is 1. The third-order valence-corrected chi connectivity index (χ3v) is 2.81. The predicted molar refractivity (Wildman–Crippen MR) is 93.1 cm³/mol. The van der Waals surface area contributed by atoms with E-state index in [1.165, 1.54) is 0 Å². The Bertz CT molecular complexity index is 750. The maximum Gasteiger partial charge on any atom is 0.412 e. The van der Waals surface area contributed by atoms with E-state index in [1.54, 1.807) is 39.0 Å². The van der Waals surface area contributed by atoms with Crippen molar-refractivity contribution in [3.05, 3.63) is 59.7 Å². The smallest absolute Gasteiger partial charge is 0.412 e. The minimum atomic E-state index is -0.556. The van der Waals surface area contributed by atoms with Crippen molar-refractivity contribution in [3.8, 4) is 11.8 Å². The van der Waals surface area contributed by atoms with Gasteiger partial charge in [-0.25, -0.2) is 4.79 Å². The molecule has 0 atom stereocenters. The molecule has 1 amide bonds. The standard InChI is InChI=1S/C19H20N2O2/c1-19(2,3)23-18(22)21-17-12-11-15(13-16(17)20)10-9-14-7-5-4-6-8-14/h4-8,11-13H,20H2,1-3H3,(H,21,22). The van der Waals surface area contributed by atoms with Crippen LogP contribution in [0.25, 0.3) is 0 Å². The number of hydrogen-bond acceptors (Lipinski definition) is 3. The van der Waals surface area contributed by atoms with Gasteiger partial charge in [0, 0.05) is 11.1 Å². The molecule has 4 nitrogen and oxygen atoms in total.